The fourth-order valence-electron chi connectivity index (χ4n) is 3.83. The molecule has 1 aromatic rings. The van der Waals surface area contributed by atoms with E-state index in [1.54, 1.807) is 18.2 Å². The van der Waals surface area contributed by atoms with E-state index >= 15 is 0 Å². The van der Waals surface area contributed by atoms with Crippen LogP contribution in [-0.2, 0) is 0 Å². The number of benzene rings is 1. The number of rotatable bonds is 2. The van der Waals surface area contributed by atoms with Gasteiger partial charge in [-0.15, -0.1) is 0 Å². The summed E-state index contributed by atoms with van der Waals surface area (Å²) in [5.74, 6) is -0.315. The van der Waals surface area contributed by atoms with Gasteiger partial charge in [0.25, 0.3) is 0 Å². The Morgan fingerprint density at radius 1 is 1.11 bits per heavy atom. The Labute approximate surface area is 119 Å². The van der Waals surface area contributed by atoms with Crippen LogP contribution < -0.4 is 5.32 Å². The maximum atomic E-state index is 13.9. The molecule has 1 nitrogen and oxygen atoms in total. The Morgan fingerprint density at radius 2 is 1.79 bits per heavy atom. The van der Waals surface area contributed by atoms with Crippen LogP contribution in [0, 0.1) is 11.2 Å². The van der Waals surface area contributed by atoms with E-state index in [2.05, 4.69) is 5.32 Å². The van der Waals surface area contributed by atoms with Crippen LogP contribution in [0.25, 0.3) is 0 Å². The minimum absolute atomic E-state index is 0.202. The Bertz CT molecular complexity index is 444. The zero-order chi connectivity index (χ0) is 13.3. The molecule has 0 amide bonds. The lowest BCUT2D eigenvalue weighted by molar-refractivity contribution is 0.188. The molecule has 0 atom stereocenters. The third-order valence-corrected chi connectivity index (χ3v) is 5.31. The summed E-state index contributed by atoms with van der Waals surface area (Å²) in [5.41, 5.74) is 1.19. The first kappa shape index (κ1) is 13.2. The highest BCUT2D eigenvalue weighted by molar-refractivity contribution is 6.31. The van der Waals surface area contributed by atoms with E-state index in [9.17, 15) is 4.39 Å². The van der Waals surface area contributed by atoms with Gasteiger partial charge in [-0.2, -0.15) is 0 Å². The molecule has 3 heteroatoms. The number of halogens is 2. The third-order valence-electron chi connectivity index (χ3n) is 5.02. The number of anilines is 1. The van der Waals surface area contributed by atoms with E-state index in [1.165, 1.54) is 38.5 Å². The first-order valence-corrected chi connectivity index (χ1v) is 7.77. The lowest BCUT2D eigenvalue weighted by Gasteiger charge is -2.37. The molecule has 1 N–H and O–H groups in total. The topological polar surface area (TPSA) is 12.0 Å². The highest BCUT2D eigenvalue weighted by Crippen LogP contribution is 2.49. The largest absolute Gasteiger partial charge is 0.380 e. The van der Waals surface area contributed by atoms with Crippen molar-refractivity contribution in [3.63, 3.8) is 0 Å². The normalized spacial score (nSPS) is 22.8. The molecule has 2 saturated carbocycles. The second-order valence-electron chi connectivity index (χ2n) is 6.23. The number of hydrogen-bond acceptors (Lipinski definition) is 1. The van der Waals surface area contributed by atoms with Crippen LogP contribution in [0.3, 0.4) is 0 Å². The van der Waals surface area contributed by atoms with Gasteiger partial charge in [-0.1, -0.05) is 30.5 Å². The van der Waals surface area contributed by atoms with E-state index in [4.69, 9.17) is 11.6 Å². The molecule has 19 heavy (non-hydrogen) atoms. The molecule has 0 saturated heterocycles. The summed E-state index contributed by atoms with van der Waals surface area (Å²) < 4.78 is 13.9. The maximum absolute atomic E-state index is 13.9. The Hall–Kier alpha value is -0.760. The summed E-state index contributed by atoms with van der Waals surface area (Å²) in [7, 11) is 0. The smallest absolute Gasteiger partial charge is 0.164 e. The molecule has 3 rings (SSSR count). The van der Waals surface area contributed by atoms with E-state index < -0.39 is 0 Å². The highest BCUT2D eigenvalue weighted by atomic mass is 35.5. The van der Waals surface area contributed by atoms with Gasteiger partial charge in [-0.05, 0) is 56.1 Å². The van der Waals surface area contributed by atoms with Crippen molar-refractivity contribution in [2.75, 3.05) is 5.32 Å². The van der Waals surface area contributed by atoms with Crippen molar-refractivity contribution < 1.29 is 4.39 Å². The fourth-order valence-corrected chi connectivity index (χ4v) is 4.01. The van der Waals surface area contributed by atoms with Gasteiger partial charge in [0.05, 0.1) is 10.7 Å². The molecule has 104 valence electrons. The van der Waals surface area contributed by atoms with Crippen LogP contribution in [0.15, 0.2) is 18.2 Å². The van der Waals surface area contributed by atoms with Gasteiger partial charge >= 0.3 is 0 Å². The van der Waals surface area contributed by atoms with Gasteiger partial charge in [-0.3, -0.25) is 0 Å². The van der Waals surface area contributed by atoms with E-state index in [0.29, 0.717) is 17.1 Å². The molecule has 0 heterocycles. The predicted molar refractivity (Wildman–Crippen MR) is 78.2 cm³/mol. The van der Waals surface area contributed by atoms with Crippen LogP contribution in [0.4, 0.5) is 10.1 Å². The summed E-state index contributed by atoms with van der Waals surface area (Å²) in [6.07, 6.45) is 10.5. The summed E-state index contributed by atoms with van der Waals surface area (Å²) in [6, 6.07) is 5.58. The van der Waals surface area contributed by atoms with Crippen molar-refractivity contribution in [1.82, 2.24) is 0 Å². The van der Waals surface area contributed by atoms with Crippen LogP contribution in [-0.4, -0.2) is 6.04 Å². The molecular formula is C16H21ClFN. The lowest BCUT2D eigenvalue weighted by atomic mass is 9.71. The van der Waals surface area contributed by atoms with Crippen molar-refractivity contribution in [3.05, 3.63) is 29.0 Å². The SMILES string of the molecule is Fc1c(Cl)cccc1NC1CCC2(CCCC2)CC1. The lowest BCUT2D eigenvalue weighted by Crippen LogP contribution is -2.31. The molecule has 1 spiro atoms. The van der Waals surface area contributed by atoms with Crippen LogP contribution >= 0.6 is 11.6 Å². The Balaban J connectivity index is 1.61. The second-order valence-corrected chi connectivity index (χ2v) is 6.63. The van der Waals surface area contributed by atoms with Gasteiger partial charge in [0, 0.05) is 6.04 Å². The summed E-state index contributed by atoms with van der Waals surface area (Å²) in [5, 5.41) is 3.54. The standard InChI is InChI=1S/C16H21ClFN/c17-13-4-3-5-14(15(13)18)19-12-6-10-16(11-7-12)8-1-2-9-16/h3-5,12,19H,1-2,6-11H2. The number of nitrogens with one attached hydrogen (secondary N) is 1. The molecule has 0 bridgehead atoms. The Kier molecular flexibility index (Phi) is 3.70. The van der Waals surface area contributed by atoms with E-state index in [-0.39, 0.29) is 10.8 Å². The van der Waals surface area contributed by atoms with Crippen molar-refractivity contribution >= 4 is 17.3 Å². The van der Waals surface area contributed by atoms with Crippen LogP contribution in [0.2, 0.25) is 5.02 Å². The summed E-state index contributed by atoms with van der Waals surface area (Å²) in [6.45, 7) is 0. The molecule has 1 aromatic carbocycles. The van der Waals surface area contributed by atoms with Crippen molar-refractivity contribution in [2.45, 2.75) is 57.4 Å². The minimum atomic E-state index is -0.315. The summed E-state index contributed by atoms with van der Waals surface area (Å²) >= 11 is 5.81. The van der Waals surface area contributed by atoms with E-state index in [0.717, 1.165) is 12.8 Å². The number of hydrogen-bond donors (Lipinski definition) is 1. The Morgan fingerprint density at radius 3 is 2.47 bits per heavy atom. The average Bonchev–Trinajstić information content (AvgIpc) is 2.86. The first-order chi connectivity index (χ1) is 9.19. The highest BCUT2D eigenvalue weighted by Gasteiger charge is 2.37. The van der Waals surface area contributed by atoms with Gasteiger partial charge in [0.2, 0.25) is 0 Å². The van der Waals surface area contributed by atoms with Crippen molar-refractivity contribution in [1.29, 1.82) is 0 Å². The molecule has 2 fully saturated rings. The van der Waals surface area contributed by atoms with Gasteiger partial charge in [0.15, 0.2) is 5.82 Å². The first-order valence-electron chi connectivity index (χ1n) is 7.39. The van der Waals surface area contributed by atoms with Gasteiger partial charge in [0.1, 0.15) is 0 Å². The molecule has 2 aliphatic carbocycles. The monoisotopic (exact) mass is 281 g/mol. The van der Waals surface area contributed by atoms with Crippen molar-refractivity contribution in [2.24, 2.45) is 5.41 Å². The van der Waals surface area contributed by atoms with Crippen LogP contribution in [0.1, 0.15) is 51.4 Å². The molecule has 0 radical (unpaired) electrons. The maximum Gasteiger partial charge on any atom is 0.164 e. The summed E-state index contributed by atoms with van der Waals surface area (Å²) in [4.78, 5) is 0. The quantitative estimate of drug-likeness (QED) is 0.766. The fraction of sp³-hybridized carbons (Fsp3) is 0.625. The minimum Gasteiger partial charge on any atom is -0.380 e. The van der Waals surface area contributed by atoms with Gasteiger partial charge < -0.3 is 5.32 Å². The third kappa shape index (κ3) is 2.74. The zero-order valence-electron chi connectivity index (χ0n) is 11.2. The van der Waals surface area contributed by atoms with Gasteiger partial charge in [-0.25, -0.2) is 4.39 Å². The average molecular weight is 282 g/mol. The van der Waals surface area contributed by atoms with E-state index in [1.807, 2.05) is 0 Å². The van der Waals surface area contributed by atoms with Crippen LogP contribution in [0.5, 0.6) is 0 Å². The second kappa shape index (κ2) is 5.32. The molecule has 0 aromatic heterocycles. The zero-order valence-corrected chi connectivity index (χ0v) is 12.0. The van der Waals surface area contributed by atoms with Crippen molar-refractivity contribution in [3.8, 4) is 0 Å². The molecular weight excluding hydrogens is 261 g/mol. The molecule has 2 aliphatic rings. The molecule has 0 aliphatic heterocycles. The molecule has 0 unspecified atom stereocenters. The predicted octanol–water partition coefficient (Wildman–Crippen LogP) is 5.39.